The fourth-order valence-electron chi connectivity index (χ4n) is 2.31. The average Bonchev–Trinajstić information content (AvgIpc) is 2.76. The molecule has 17 heavy (non-hydrogen) atoms. The van der Waals surface area contributed by atoms with Crippen LogP contribution in [0.5, 0.6) is 0 Å². The van der Waals surface area contributed by atoms with Crippen molar-refractivity contribution in [2.45, 2.75) is 44.8 Å². The van der Waals surface area contributed by atoms with E-state index in [9.17, 15) is 0 Å². The lowest BCUT2D eigenvalue weighted by atomic mass is 9.86. The number of likely N-dealkylation sites (N-methyl/N-ethyl adjacent to an activating group) is 1. The summed E-state index contributed by atoms with van der Waals surface area (Å²) in [6, 6.07) is 0.187. The summed E-state index contributed by atoms with van der Waals surface area (Å²) in [5, 5.41) is 15.4. The number of tetrazole rings is 1. The van der Waals surface area contributed by atoms with Crippen LogP contribution in [0.3, 0.4) is 0 Å². The second-order valence-electron chi connectivity index (χ2n) is 4.22. The molecule has 1 heterocycles. The van der Waals surface area contributed by atoms with Gasteiger partial charge >= 0.3 is 0 Å². The summed E-state index contributed by atoms with van der Waals surface area (Å²) in [4.78, 5) is 1.48. The molecule has 0 fully saturated rings. The molecule has 0 radical (unpaired) electrons. The first-order valence-corrected chi connectivity index (χ1v) is 6.07. The maximum absolute atomic E-state index is 5.72. The number of ether oxygens (including phenoxy) is 1. The van der Waals surface area contributed by atoms with Gasteiger partial charge < -0.3 is 10.1 Å². The lowest BCUT2D eigenvalue weighted by Crippen LogP contribution is -2.51. The van der Waals surface area contributed by atoms with Crippen molar-refractivity contribution in [3.8, 4) is 0 Å². The molecular weight excluding hydrogens is 218 g/mol. The topological polar surface area (TPSA) is 64.9 Å². The summed E-state index contributed by atoms with van der Waals surface area (Å²) in [7, 11) is 5.48. The van der Waals surface area contributed by atoms with E-state index in [0.717, 1.165) is 25.1 Å². The van der Waals surface area contributed by atoms with E-state index >= 15 is 0 Å². The Morgan fingerprint density at radius 3 is 2.41 bits per heavy atom. The molecule has 0 amide bonds. The molecule has 0 bridgehead atoms. The van der Waals surface area contributed by atoms with Crippen LogP contribution in [0.25, 0.3) is 0 Å². The van der Waals surface area contributed by atoms with Gasteiger partial charge in [0.2, 0.25) is 0 Å². The van der Waals surface area contributed by atoms with Gasteiger partial charge in [0.1, 0.15) is 0 Å². The number of rotatable bonds is 7. The fourth-order valence-corrected chi connectivity index (χ4v) is 2.31. The van der Waals surface area contributed by atoms with E-state index in [-0.39, 0.29) is 11.6 Å². The van der Waals surface area contributed by atoms with Crippen LogP contribution in [0.2, 0.25) is 0 Å². The Bertz CT molecular complexity index is 326. The Hall–Kier alpha value is -1.01. The normalized spacial score (nSPS) is 13.9. The van der Waals surface area contributed by atoms with E-state index in [1.54, 1.807) is 14.2 Å². The Balaban J connectivity index is 2.82. The van der Waals surface area contributed by atoms with Crippen molar-refractivity contribution < 1.29 is 4.74 Å². The second-order valence-corrected chi connectivity index (χ2v) is 4.22. The van der Waals surface area contributed by atoms with Gasteiger partial charge in [-0.25, -0.2) is 0 Å². The first-order chi connectivity index (χ1) is 8.11. The molecule has 1 N–H and O–H groups in total. The van der Waals surface area contributed by atoms with Crippen molar-refractivity contribution in [1.82, 2.24) is 25.5 Å². The van der Waals surface area contributed by atoms with Crippen LogP contribution in [0.15, 0.2) is 0 Å². The van der Waals surface area contributed by atoms with Gasteiger partial charge in [-0.15, -0.1) is 10.2 Å². The first-order valence-electron chi connectivity index (χ1n) is 6.07. The van der Waals surface area contributed by atoms with Crippen LogP contribution in [0.1, 0.15) is 32.5 Å². The number of methoxy groups -OCH3 is 1. The van der Waals surface area contributed by atoms with Crippen molar-refractivity contribution in [3.63, 3.8) is 0 Å². The molecular formula is C11H23N5O. The van der Waals surface area contributed by atoms with Crippen molar-refractivity contribution in [3.05, 3.63) is 5.82 Å². The number of aromatic nitrogens is 4. The van der Waals surface area contributed by atoms with Crippen LogP contribution < -0.4 is 5.32 Å². The van der Waals surface area contributed by atoms with E-state index in [1.165, 1.54) is 4.80 Å². The quantitative estimate of drug-likeness (QED) is 0.755. The Morgan fingerprint density at radius 2 is 2.06 bits per heavy atom. The first kappa shape index (κ1) is 14.1. The van der Waals surface area contributed by atoms with Crippen molar-refractivity contribution in [2.24, 2.45) is 7.05 Å². The molecule has 0 aliphatic heterocycles. The Morgan fingerprint density at radius 1 is 1.41 bits per heavy atom. The van der Waals surface area contributed by atoms with Gasteiger partial charge in [-0.2, -0.15) is 4.80 Å². The number of nitrogens with zero attached hydrogens (tertiary/aromatic N) is 4. The maximum atomic E-state index is 5.72. The second kappa shape index (κ2) is 6.07. The third-order valence-corrected chi connectivity index (χ3v) is 3.52. The predicted octanol–water partition coefficient (Wildman–Crippen LogP) is 0.546. The summed E-state index contributed by atoms with van der Waals surface area (Å²) in [5.74, 6) is 0.746. The Kier molecular flexibility index (Phi) is 5.02. The van der Waals surface area contributed by atoms with E-state index in [4.69, 9.17) is 4.74 Å². The number of nitrogens with one attached hydrogen (secondary N) is 1. The molecule has 1 rings (SSSR count). The smallest absolute Gasteiger partial charge is 0.176 e. The molecule has 6 heteroatoms. The fraction of sp³-hybridized carbons (Fsp3) is 0.909. The SMILES string of the molecule is CCC(CC)(OC)C(Cc1nnn(C)n1)NC. The molecule has 0 spiro atoms. The summed E-state index contributed by atoms with van der Waals surface area (Å²) in [5.41, 5.74) is -0.173. The molecule has 1 atom stereocenters. The zero-order chi connectivity index (χ0) is 12.9. The number of aryl methyl sites for hydroxylation is 1. The molecule has 0 aliphatic rings. The van der Waals surface area contributed by atoms with Gasteiger partial charge in [0, 0.05) is 19.6 Å². The van der Waals surface area contributed by atoms with E-state index in [1.807, 2.05) is 7.05 Å². The zero-order valence-electron chi connectivity index (χ0n) is 11.4. The third-order valence-electron chi connectivity index (χ3n) is 3.52. The van der Waals surface area contributed by atoms with Crippen molar-refractivity contribution >= 4 is 0 Å². The Labute approximate surface area is 103 Å². The third kappa shape index (κ3) is 3.01. The van der Waals surface area contributed by atoms with Gasteiger partial charge in [0.05, 0.1) is 12.6 Å². The highest BCUT2D eigenvalue weighted by Crippen LogP contribution is 2.25. The lowest BCUT2D eigenvalue weighted by molar-refractivity contribution is -0.0459. The van der Waals surface area contributed by atoms with Gasteiger partial charge in [0.25, 0.3) is 0 Å². The maximum Gasteiger partial charge on any atom is 0.176 e. The van der Waals surface area contributed by atoms with Gasteiger partial charge in [-0.1, -0.05) is 13.8 Å². The van der Waals surface area contributed by atoms with E-state index < -0.39 is 0 Å². The van der Waals surface area contributed by atoms with E-state index in [0.29, 0.717) is 0 Å². The van der Waals surface area contributed by atoms with Crippen molar-refractivity contribution in [2.75, 3.05) is 14.2 Å². The highest BCUT2D eigenvalue weighted by molar-refractivity contribution is 4.96. The molecule has 1 aromatic rings. The van der Waals surface area contributed by atoms with E-state index in [2.05, 4.69) is 34.6 Å². The molecule has 0 saturated carbocycles. The van der Waals surface area contributed by atoms with Crippen LogP contribution >= 0.6 is 0 Å². The van der Waals surface area contributed by atoms with Gasteiger partial charge in [-0.05, 0) is 25.1 Å². The highest BCUT2D eigenvalue weighted by Gasteiger charge is 2.35. The standard InChI is InChI=1S/C11H23N5O/c1-6-11(7-2,17-5)9(12-3)8-10-13-15-16(4)14-10/h9,12H,6-8H2,1-5H3. The molecule has 0 aliphatic carbocycles. The average molecular weight is 241 g/mol. The summed E-state index contributed by atoms with van der Waals surface area (Å²) in [6.45, 7) is 4.28. The molecule has 0 aromatic carbocycles. The van der Waals surface area contributed by atoms with Crippen LogP contribution in [0, 0.1) is 0 Å². The molecule has 6 nitrogen and oxygen atoms in total. The monoisotopic (exact) mass is 241 g/mol. The summed E-state index contributed by atoms with van der Waals surface area (Å²) < 4.78 is 5.72. The van der Waals surface area contributed by atoms with Gasteiger partial charge in [0.15, 0.2) is 5.82 Å². The molecule has 1 unspecified atom stereocenters. The van der Waals surface area contributed by atoms with Crippen LogP contribution in [-0.2, 0) is 18.2 Å². The predicted molar refractivity (Wildman–Crippen MR) is 65.7 cm³/mol. The molecule has 98 valence electrons. The minimum absolute atomic E-state index is 0.173. The summed E-state index contributed by atoms with van der Waals surface area (Å²) in [6.07, 6.45) is 2.62. The number of hydrogen-bond acceptors (Lipinski definition) is 5. The highest BCUT2D eigenvalue weighted by atomic mass is 16.5. The zero-order valence-corrected chi connectivity index (χ0v) is 11.4. The lowest BCUT2D eigenvalue weighted by Gasteiger charge is -2.37. The molecule has 0 saturated heterocycles. The minimum Gasteiger partial charge on any atom is -0.377 e. The number of hydrogen-bond donors (Lipinski definition) is 1. The molecule has 1 aromatic heterocycles. The van der Waals surface area contributed by atoms with Crippen LogP contribution in [0.4, 0.5) is 0 Å². The minimum atomic E-state index is -0.173. The van der Waals surface area contributed by atoms with Gasteiger partial charge in [-0.3, -0.25) is 0 Å². The van der Waals surface area contributed by atoms with Crippen LogP contribution in [-0.4, -0.2) is 46.0 Å². The summed E-state index contributed by atoms with van der Waals surface area (Å²) >= 11 is 0. The van der Waals surface area contributed by atoms with Crippen molar-refractivity contribution in [1.29, 1.82) is 0 Å². The largest absolute Gasteiger partial charge is 0.377 e.